The third-order valence-electron chi connectivity index (χ3n) is 6.86. The second-order valence-corrected chi connectivity index (χ2v) is 10.9. The summed E-state index contributed by atoms with van der Waals surface area (Å²) in [5.74, 6) is 1.16. The summed E-state index contributed by atoms with van der Waals surface area (Å²) < 4.78 is 24.1. The first-order valence-electron chi connectivity index (χ1n) is 12.0. The fourth-order valence-corrected chi connectivity index (χ4v) is 5.43. The zero-order chi connectivity index (χ0) is 25.7. The van der Waals surface area contributed by atoms with Crippen molar-refractivity contribution in [1.29, 1.82) is 0 Å². The van der Waals surface area contributed by atoms with Crippen LogP contribution in [0.3, 0.4) is 0 Å². The molecule has 0 spiro atoms. The van der Waals surface area contributed by atoms with Gasteiger partial charge >= 0.3 is 0 Å². The van der Waals surface area contributed by atoms with Crippen LogP contribution in [0.15, 0.2) is 60.9 Å². The van der Waals surface area contributed by atoms with Gasteiger partial charge in [0.2, 0.25) is 5.88 Å². The molecule has 1 saturated carbocycles. The molecule has 2 atom stereocenters. The molecule has 1 aliphatic heterocycles. The highest BCUT2D eigenvalue weighted by molar-refractivity contribution is 7.08. The Labute approximate surface area is 217 Å². The zero-order valence-corrected chi connectivity index (χ0v) is 21.2. The molecular formula is C27H25FN6O2S. The lowest BCUT2D eigenvalue weighted by Crippen LogP contribution is -2.33. The Balaban J connectivity index is 1.14. The zero-order valence-electron chi connectivity index (χ0n) is 20.3. The predicted octanol–water partition coefficient (Wildman–Crippen LogP) is 4.14. The number of aromatic nitrogens is 4. The number of rotatable bonds is 6. The van der Waals surface area contributed by atoms with Crippen LogP contribution in [0.25, 0.3) is 22.8 Å². The summed E-state index contributed by atoms with van der Waals surface area (Å²) in [6.45, 7) is 5.08. The summed E-state index contributed by atoms with van der Waals surface area (Å²) in [6.07, 6.45) is 3.29. The highest BCUT2D eigenvalue weighted by atomic mass is 32.1. The maximum absolute atomic E-state index is 13.4. The van der Waals surface area contributed by atoms with Crippen LogP contribution in [-0.4, -0.2) is 49.3 Å². The van der Waals surface area contributed by atoms with E-state index in [1.807, 2.05) is 30.9 Å². The van der Waals surface area contributed by atoms with Gasteiger partial charge in [-0.3, -0.25) is 4.79 Å². The Morgan fingerprint density at radius 3 is 2.46 bits per heavy atom. The summed E-state index contributed by atoms with van der Waals surface area (Å²) in [5.41, 5.74) is 8.73. The molecule has 2 unspecified atom stereocenters. The maximum atomic E-state index is 13.4. The Hall–Kier alpha value is -3.76. The van der Waals surface area contributed by atoms with Crippen molar-refractivity contribution in [3.05, 3.63) is 77.2 Å². The lowest BCUT2D eigenvalue weighted by molar-refractivity contribution is 0.0756. The Kier molecular flexibility index (Phi) is 5.73. The number of nitrogens with two attached hydrogens (primary N) is 1. The van der Waals surface area contributed by atoms with Crippen LogP contribution in [0, 0.1) is 17.7 Å². The molecule has 0 radical (unpaired) electrons. The molecule has 1 amide bonds. The highest BCUT2D eigenvalue weighted by Gasteiger charge is 2.59. The summed E-state index contributed by atoms with van der Waals surface area (Å²) in [7, 11) is 0. The molecule has 6 rings (SSSR count). The third kappa shape index (κ3) is 4.70. The SMILES string of the molecule is CC(C)(N)c1cc(OC2C3CN(C(=O)c4cc(-c5ncccn5)ns4)CC32)nc(-c2ccc(F)cc2)c1. The number of carbonyl (C=O) groups excluding carboxylic acids is 1. The number of pyridine rings is 1. The van der Waals surface area contributed by atoms with Gasteiger partial charge in [-0.25, -0.2) is 19.3 Å². The molecule has 2 aliphatic rings. The second-order valence-electron chi connectivity index (χ2n) is 10.1. The summed E-state index contributed by atoms with van der Waals surface area (Å²) >= 11 is 1.17. The van der Waals surface area contributed by atoms with E-state index in [2.05, 4.69) is 19.3 Å². The van der Waals surface area contributed by atoms with Crippen molar-refractivity contribution in [3.8, 4) is 28.7 Å². The topological polar surface area (TPSA) is 107 Å². The number of hydrogen-bond donors (Lipinski definition) is 1. The standard InChI is InChI=1S/C27H25FN6O2S/c1-27(2,29)16-10-20(15-4-6-17(28)7-5-15)32-23(11-16)36-24-18-13-34(14-19(18)24)26(35)22-12-21(33-37-22)25-30-8-3-9-31-25/h3-12,18-19,24H,13-14,29H2,1-2H3. The smallest absolute Gasteiger partial charge is 0.265 e. The number of carbonyl (C=O) groups is 1. The van der Waals surface area contributed by atoms with Gasteiger partial charge in [-0.15, -0.1) is 0 Å². The number of halogens is 1. The first-order valence-corrected chi connectivity index (χ1v) is 12.8. The van der Waals surface area contributed by atoms with E-state index in [4.69, 9.17) is 10.5 Å². The van der Waals surface area contributed by atoms with Crippen molar-refractivity contribution < 1.29 is 13.9 Å². The molecular weight excluding hydrogens is 491 g/mol. The number of likely N-dealkylation sites (tertiary alicyclic amines) is 1. The lowest BCUT2D eigenvalue weighted by Gasteiger charge is -2.22. The minimum atomic E-state index is -0.600. The molecule has 2 N–H and O–H groups in total. The van der Waals surface area contributed by atoms with Gasteiger partial charge < -0.3 is 15.4 Å². The molecule has 1 aliphatic carbocycles. The van der Waals surface area contributed by atoms with E-state index in [0.717, 1.165) is 11.1 Å². The van der Waals surface area contributed by atoms with Crippen LogP contribution in [0.4, 0.5) is 4.39 Å². The quantitative estimate of drug-likeness (QED) is 0.410. The van der Waals surface area contributed by atoms with E-state index in [1.54, 1.807) is 36.7 Å². The van der Waals surface area contributed by atoms with Crippen LogP contribution in [0.2, 0.25) is 0 Å². The van der Waals surface area contributed by atoms with Crippen LogP contribution in [0.5, 0.6) is 5.88 Å². The maximum Gasteiger partial charge on any atom is 0.265 e. The number of benzene rings is 1. The Morgan fingerprint density at radius 2 is 1.78 bits per heavy atom. The third-order valence-corrected chi connectivity index (χ3v) is 7.64. The molecule has 188 valence electrons. The number of ether oxygens (including phenoxy) is 1. The molecule has 3 aromatic heterocycles. The van der Waals surface area contributed by atoms with Gasteiger partial charge in [0.25, 0.3) is 5.91 Å². The second kappa shape index (κ2) is 8.97. The van der Waals surface area contributed by atoms with E-state index in [9.17, 15) is 9.18 Å². The van der Waals surface area contributed by atoms with Gasteiger partial charge in [0.1, 0.15) is 22.5 Å². The molecule has 0 bridgehead atoms. The normalized spacial score (nSPS) is 20.5. The van der Waals surface area contributed by atoms with Crippen molar-refractivity contribution in [2.45, 2.75) is 25.5 Å². The number of hydrogen-bond acceptors (Lipinski definition) is 8. The minimum absolute atomic E-state index is 0.0107. The van der Waals surface area contributed by atoms with Gasteiger partial charge in [0.15, 0.2) is 5.82 Å². The van der Waals surface area contributed by atoms with Gasteiger partial charge in [-0.2, -0.15) is 4.37 Å². The molecule has 37 heavy (non-hydrogen) atoms. The van der Waals surface area contributed by atoms with Crippen molar-refractivity contribution in [3.63, 3.8) is 0 Å². The van der Waals surface area contributed by atoms with Gasteiger partial charge in [-0.1, -0.05) is 0 Å². The molecule has 4 heterocycles. The van der Waals surface area contributed by atoms with E-state index in [-0.39, 0.29) is 29.7 Å². The van der Waals surface area contributed by atoms with E-state index in [1.165, 1.54) is 23.7 Å². The van der Waals surface area contributed by atoms with Crippen molar-refractivity contribution >= 4 is 17.4 Å². The molecule has 10 heteroatoms. The van der Waals surface area contributed by atoms with Crippen LogP contribution in [0.1, 0.15) is 29.1 Å². The predicted molar refractivity (Wildman–Crippen MR) is 137 cm³/mol. The van der Waals surface area contributed by atoms with Crippen molar-refractivity contribution in [2.24, 2.45) is 17.6 Å². The average molecular weight is 517 g/mol. The van der Waals surface area contributed by atoms with E-state index >= 15 is 0 Å². The lowest BCUT2D eigenvalue weighted by atomic mass is 9.95. The number of piperidine rings is 1. The molecule has 1 saturated heterocycles. The fraction of sp³-hybridized carbons (Fsp3) is 0.296. The largest absolute Gasteiger partial charge is 0.474 e. The van der Waals surface area contributed by atoms with E-state index < -0.39 is 5.54 Å². The first kappa shape index (κ1) is 23.6. The number of fused-ring (bicyclic) bond motifs is 1. The summed E-state index contributed by atoms with van der Waals surface area (Å²) in [4.78, 5) is 28.6. The Bertz CT molecular complexity index is 1440. The summed E-state index contributed by atoms with van der Waals surface area (Å²) in [5, 5.41) is 0. The van der Waals surface area contributed by atoms with Crippen molar-refractivity contribution in [1.82, 2.24) is 24.2 Å². The van der Waals surface area contributed by atoms with Crippen LogP contribution < -0.4 is 10.5 Å². The highest BCUT2D eigenvalue weighted by Crippen LogP contribution is 2.48. The summed E-state index contributed by atoms with van der Waals surface area (Å²) in [6, 6.07) is 13.5. The van der Waals surface area contributed by atoms with Crippen molar-refractivity contribution in [2.75, 3.05) is 13.1 Å². The fourth-order valence-electron chi connectivity index (χ4n) is 4.73. The van der Waals surface area contributed by atoms with Gasteiger partial charge in [0, 0.05) is 54.5 Å². The first-order chi connectivity index (χ1) is 17.8. The van der Waals surface area contributed by atoms with Gasteiger partial charge in [0.05, 0.1) is 5.69 Å². The number of nitrogens with zero attached hydrogens (tertiary/aromatic N) is 5. The van der Waals surface area contributed by atoms with Crippen LogP contribution >= 0.6 is 11.5 Å². The molecule has 2 fully saturated rings. The monoisotopic (exact) mass is 516 g/mol. The minimum Gasteiger partial charge on any atom is -0.474 e. The molecule has 1 aromatic carbocycles. The van der Waals surface area contributed by atoms with E-state index in [0.29, 0.717) is 41.1 Å². The molecule has 4 aromatic rings. The van der Waals surface area contributed by atoms with Gasteiger partial charge in [-0.05, 0) is 73.4 Å². The average Bonchev–Trinajstić information content (AvgIpc) is 3.27. The Morgan fingerprint density at radius 1 is 1.08 bits per heavy atom. The molecule has 8 nitrogen and oxygen atoms in total. The number of amides is 1. The van der Waals surface area contributed by atoms with Crippen LogP contribution in [-0.2, 0) is 5.54 Å².